The van der Waals surface area contributed by atoms with Gasteiger partial charge in [-0.1, -0.05) is 44.7 Å². The normalized spacial score (nSPS) is 13.7. The highest BCUT2D eigenvalue weighted by molar-refractivity contribution is 6.18. The molecule has 3 heteroatoms. The van der Waals surface area contributed by atoms with E-state index in [1.54, 1.807) is 12.3 Å². The number of hydrogen-bond acceptors (Lipinski definition) is 2. The topological polar surface area (TPSA) is 32.6 Å². The molecule has 0 rings (SSSR count). The van der Waals surface area contributed by atoms with E-state index in [1.807, 2.05) is 39.0 Å². The van der Waals surface area contributed by atoms with Crippen LogP contribution in [-0.2, 0) is 0 Å². The van der Waals surface area contributed by atoms with Crippen LogP contribution < -0.4 is 0 Å². The van der Waals surface area contributed by atoms with Crippen LogP contribution in [0.15, 0.2) is 41.4 Å². The molecule has 1 unspecified atom stereocenters. The number of aliphatic hydroxyl groups is 1. The third-order valence-corrected chi connectivity index (χ3v) is 1.76. The minimum absolute atomic E-state index is 0.210. The highest BCUT2D eigenvalue weighted by Gasteiger charge is 1.97. The maximum Gasteiger partial charge on any atom is 0.0870 e. The van der Waals surface area contributed by atoms with Crippen LogP contribution in [0, 0.1) is 0 Å². The van der Waals surface area contributed by atoms with Gasteiger partial charge >= 0.3 is 0 Å². The van der Waals surface area contributed by atoms with E-state index < -0.39 is 6.10 Å². The van der Waals surface area contributed by atoms with Crippen molar-refractivity contribution in [2.45, 2.75) is 26.9 Å². The van der Waals surface area contributed by atoms with E-state index in [0.717, 1.165) is 5.57 Å². The third-order valence-electron chi connectivity index (χ3n) is 1.40. The van der Waals surface area contributed by atoms with Crippen LogP contribution in [0.1, 0.15) is 20.8 Å². The van der Waals surface area contributed by atoms with Crippen molar-refractivity contribution in [2.24, 2.45) is 4.99 Å². The maximum atomic E-state index is 9.13. The molecular weight excluding hydrogens is 222 g/mol. The van der Waals surface area contributed by atoms with Crippen LogP contribution in [0.5, 0.6) is 0 Å². The van der Waals surface area contributed by atoms with E-state index in [2.05, 4.69) is 11.6 Å². The van der Waals surface area contributed by atoms with Gasteiger partial charge in [-0.15, -0.1) is 11.6 Å². The third kappa shape index (κ3) is 11.2. The Bertz CT molecular complexity index is 244. The van der Waals surface area contributed by atoms with Gasteiger partial charge < -0.3 is 5.11 Å². The standard InChI is InChI=1S/C11H16ClNO.C2H6/c1-3-5-10(6-4-2)8-13-9-11(14)7-12;1-2/h3-6,8,11,14H,1,7,9H2,2H3;1-2H3/b6-4-,10-5+,13-8?;. The Morgan fingerprint density at radius 3 is 2.56 bits per heavy atom. The van der Waals surface area contributed by atoms with Gasteiger partial charge in [-0.2, -0.15) is 0 Å². The molecule has 0 aliphatic rings. The molecule has 0 radical (unpaired) electrons. The zero-order valence-corrected chi connectivity index (χ0v) is 11.1. The van der Waals surface area contributed by atoms with Crippen molar-refractivity contribution in [3.05, 3.63) is 36.5 Å². The Labute approximate surface area is 104 Å². The second-order valence-electron chi connectivity index (χ2n) is 2.70. The quantitative estimate of drug-likeness (QED) is 0.433. The molecule has 0 aromatic heterocycles. The predicted octanol–water partition coefficient (Wildman–Crippen LogP) is 3.37. The highest BCUT2D eigenvalue weighted by Crippen LogP contribution is 1.95. The van der Waals surface area contributed by atoms with Gasteiger partial charge in [0.15, 0.2) is 0 Å². The van der Waals surface area contributed by atoms with Gasteiger partial charge in [0, 0.05) is 6.21 Å². The fraction of sp³-hybridized carbons (Fsp3) is 0.462. The van der Waals surface area contributed by atoms with Gasteiger partial charge in [0.05, 0.1) is 18.5 Å². The zero-order valence-electron chi connectivity index (χ0n) is 10.4. The van der Waals surface area contributed by atoms with E-state index in [9.17, 15) is 0 Å². The van der Waals surface area contributed by atoms with Gasteiger partial charge in [-0.25, -0.2) is 0 Å². The Morgan fingerprint density at radius 2 is 2.12 bits per heavy atom. The maximum absolute atomic E-state index is 9.13. The molecule has 1 N–H and O–H groups in total. The zero-order chi connectivity index (χ0) is 12.8. The Balaban J connectivity index is 0. The first-order valence-corrected chi connectivity index (χ1v) is 5.97. The molecule has 0 aliphatic carbocycles. The number of allylic oxidation sites excluding steroid dienone is 5. The summed E-state index contributed by atoms with van der Waals surface area (Å²) in [6, 6.07) is 0. The van der Waals surface area contributed by atoms with Crippen molar-refractivity contribution in [3.63, 3.8) is 0 Å². The summed E-state index contributed by atoms with van der Waals surface area (Å²) >= 11 is 5.42. The lowest BCUT2D eigenvalue weighted by molar-refractivity contribution is 0.207. The minimum atomic E-state index is -0.566. The minimum Gasteiger partial charge on any atom is -0.390 e. The second kappa shape index (κ2) is 14.1. The Kier molecular flexibility index (Phi) is 15.5. The fourth-order valence-electron chi connectivity index (χ4n) is 0.799. The highest BCUT2D eigenvalue weighted by atomic mass is 35.5. The number of hydrogen-bond donors (Lipinski definition) is 1. The molecule has 92 valence electrons. The van der Waals surface area contributed by atoms with Gasteiger partial charge in [0.2, 0.25) is 0 Å². The van der Waals surface area contributed by atoms with Crippen LogP contribution >= 0.6 is 11.6 Å². The second-order valence-corrected chi connectivity index (χ2v) is 3.01. The Morgan fingerprint density at radius 1 is 1.50 bits per heavy atom. The van der Waals surface area contributed by atoms with Crippen molar-refractivity contribution in [1.29, 1.82) is 0 Å². The molecule has 0 bridgehead atoms. The average Bonchev–Trinajstić information content (AvgIpc) is 2.32. The molecule has 0 aromatic rings. The molecule has 16 heavy (non-hydrogen) atoms. The van der Waals surface area contributed by atoms with Crippen LogP contribution in [0.25, 0.3) is 0 Å². The molecule has 0 heterocycles. The number of nitrogens with zero attached hydrogens (tertiary/aromatic N) is 1. The van der Waals surface area contributed by atoms with Crippen LogP contribution in [0.2, 0.25) is 0 Å². The van der Waals surface area contributed by atoms with E-state index in [4.69, 9.17) is 16.7 Å². The van der Waals surface area contributed by atoms with Gasteiger partial charge in [-0.05, 0) is 12.5 Å². The van der Waals surface area contributed by atoms with Crippen LogP contribution in [-0.4, -0.2) is 29.8 Å². The van der Waals surface area contributed by atoms with Gasteiger partial charge in [0.25, 0.3) is 0 Å². The smallest absolute Gasteiger partial charge is 0.0870 e. The van der Waals surface area contributed by atoms with Crippen molar-refractivity contribution in [1.82, 2.24) is 0 Å². The van der Waals surface area contributed by atoms with E-state index in [-0.39, 0.29) is 5.88 Å². The largest absolute Gasteiger partial charge is 0.390 e. The monoisotopic (exact) mass is 243 g/mol. The number of aliphatic imine (C=N–C) groups is 1. The number of rotatable bonds is 6. The Hall–Kier alpha value is -0.860. The first-order valence-electron chi connectivity index (χ1n) is 5.43. The lowest BCUT2D eigenvalue weighted by Gasteiger charge is -2.00. The molecule has 1 atom stereocenters. The number of aliphatic hydroxyl groups excluding tert-OH is 1. The summed E-state index contributed by atoms with van der Waals surface area (Å²) in [5.74, 6) is 0.210. The van der Waals surface area contributed by atoms with Crippen molar-refractivity contribution >= 4 is 17.8 Å². The molecule has 0 fully saturated rings. The van der Waals surface area contributed by atoms with Crippen molar-refractivity contribution in [2.75, 3.05) is 12.4 Å². The summed E-state index contributed by atoms with van der Waals surface area (Å²) < 4.78 is 0. The molecule has 0 saturated carbocycles. The number of alkyl halides is 1. The fourth-order valence-corrected chi connectivity index (χ4v) is 0.896. The first-order chi connectivity index (χ1) is 7.74. The SMILES string of the molecule is C=C/C=C(C=NCC(O)CCl)\C=C/C.CC. The van der Waals surface area contributed by atoms with Gasteiger partial charge in [0.1, 0.15) is 0 Å². The molecule has 0 saturated heterocycles. The predicted molar refractivity (Wildman–Crippen MR) is 74.5 cm³/mol. The summed E-state index contributed by atoms with van der Waals surface area (Å²) in [7, 11) is 0. The molecular formula is C13H22ClNO. The van der Waals surface area contributed by atoms with Crippen LogP contribution in [0.3, 0.4) is 0 Å². The lowest BCUT2D eigenvalue weighted by atomic mass is 10.2. The van der Waals surface area contributed by atoms with E-state index >= 15 is 0 Å². The van der Waals surface area contributed by atoms with Crippen molar-refractivity contribution in [3.8, 4) is 0 Å². The first kappa shape index (κ1) is 17.5. The van der Waals surface area contributed by atoms with Crippen molar-refractivity contribution < 1.29 is 5.11 Å². The summed E-state index contributed by atoms with van der Waals surface area (Å²) in [5, 5.41) is 9.13. The van der Waals surface area contributed by atoms with E-state index in [1.165, 1.54) is 0 Å². The molecule has 0 spiro atoms. The van der Waals surface area contributed by atoms with E-state index in [0.29, 0.717) is 6.54 Å². The molecule has 2 nitrogen and oxygen atoms in total. The summed E-state index contributed by atoms with van der Waals surface area (Å²) in [4.78, 5) is 4.05. The van der Waals surface area contributed by atoms with Crippen LogP contribution in [0.4, 0.5) is 0 Å². The van der Waals surface area contributed by atoms with Gasteiger partial charge in [-0.3, -0.25) is 4.99 Å². The number of halogens is 1. The summed E-state index contributed by atoms with van der Waals surface area (Å²) in [6.07, 6.45) is 8.49. The lowest BCUT2D eigenvalue weighted by Crippen LogP contribution is -2.12. The molecule has 0 amide bonds. The molecule has 0 aromatic carbocycles. The average molecular weight is 244 g/mol. The molecule has 0 aliphatic heterocycles. The summed E-state index contributed by atoms with van der Waals surface area (Å²) in [6.45, 7) is 9.86. The summed E-state index contributed by atoms with van der Waals surface area (Å²) in [5.41, 5.74) is 0.948.